The lowest BCUT2D eigenvalue weighted by Gasteiger charge is -2.07. The number of hydrogen-bond acceptors (Lipinski definition) is 6. The van der Waals surface area contributed by atoms with Crippen LogP contribution in [0.15, 0.2) is 60.9 Å². The number of nitrogens with zero attached hydrogens (tertiary/aromatic N) is 3. The molecule has 3 rings (SSSR count). The van der Waals surface area contributed by atoms with Gasteiger partial charge >= 0.3 is 0 Å². The number of benzene rings is 1. The molecule has 126 valence electrons. The Morgan fingerprint density at radius 2 is 1.80 bits per heavy atom. The summed E-state index contributed by atoms with van der Waals surface area (Å²) in [5, 5.41) is 13.9. The number of rotatable bonds is 6. The molecular weight excluding hydrogens is 318 g/mol. The molecule has 0 bridgehead atoms. The van der Waals surface area contributed by atoms with Crippen molar-refractivity contribution in [3.8, 4) is 5.75 Å². The zero-order chi connectivity index (χ0) is 17.5. The SMILES string of the molecule is COc1ccc(CNc2ccc(NC(=O)c3cccnc3)nn2)cc1. The van der Waals surface area contributed by atoms with Crippen molar-refractivity contribution in [1.29, 1.82) is 0 Å². The zero-order valence-corrected chi connectivity index (χ0v) is 13.6. The minimum Gasteiger partial charge on any atom is -0.497 e. The Labute approximate surface area is 145 Å². The van der Waals surface area contributed by atoms with Gasteiger partial charge in [-0.1, -0.05) is 12.1 Å². The highest BCUT2D eigenvalue weighted by Gasteiger charge is 2.07. The highest BCUT2D eigenvalue weighted by atomic mass is 16.5. The van der Waals surface area contributed by atoms with E-state index in [1.807, 2.05) is 24.3 Å². The highest BCUT2D eigenvalue weighted by molar-refractivity contribution is 6.03. The van der Waals surface area contributed by atoms with Crippen LogP contribution in [0.1, 0.15) is 15.9 Å². The number of carbonyl (C=O) groups is 1. The fourth-order valence-corrected chi connectivity index (χ4v) is 2.11. The van der Waals surface area contributed by atoms with E-state index in [-0.39, 0.29) is 5.91 Å². The Morgan fingerprint density at radius 1 is 1.04 bits per heavy atom. The van der Waals surface area contributed by atoms with Crippen LogP contribution in [0.25, 0.3) is 0 Å². The van der Waals surface area contributed by atoms with E-state index in [0.717, 1.165) is 11.3 Å². The normalized spacial score (nSPS) is 10.1. The van der Waals surface area contributed by atoms with Crippen molar-refractivity contribution >= 4 is 17.5 Å². The zero-order valence-electron chi connectivity index (χ0n) is 13.6. The summed E-state index contributed by atoms with van der Waals surface area (Å²) < 4.78 is 5.13. The maximum Gasteiger partial charge on any atom is 0.258 e. The van der Waals surface area contributed by atoms with Crippen LogP contribution >= 0.6 is 0 Å². The van der Waals surface area contributed by atoms with Gasteiger partial charge in [0.05, 0.1) is 12.7 Å². The quantitative estimate of drug-likeness (QED) is 0.720. The molecule has 0 unspecified atom stereocenters. The van der Waals surface area contributed by atoms with E-state index in [9.17, 15) is 4.79 Å². The van der Waals surface area contributed by atoms with Crippen LogP contribution in [0.3, 0.4) is 0 Å². The number of pyridine rings is 1. The van der Waals surface area contributed by atoms with Crippen molar-refractivity contribution in [3.05, 3.63) is 72.1 Å². The number of methoxy groups -OCH3 is 1. The van der Waals surface area contributed by atoms with Crippen molar-refractivity contribution in [2.24, 2.45) is 0 Å². The van der Waals surface area contributed by atoms with Crippen molar-refractivity contribution in [2.45, 2.75) is 6.54 Å². The van der Waals surface area contributed by atoms with Crippen LogP contribution in [0.4, 0.5) is 11.6 Å². The maximum atomic E-state index is 12.0. The standard InChI is InChI=1S/C18H17N5O2/c1-25-15-6-4-13(5-7-15)11-20-16-8-9-17(23-22-16)21-18(24)14-3-2-10-19-12-14/h2-10,12H,11H2,1H3,(H,20,22)(H,21,23,24). The number of ether oxygens (including phenoxy) is 1. The first kappa shape index (κ1) is 16.4. The van der Waals surface area contributed by atoms with Gasteiger partial charge in [-0.2, -0.15) is 0 Å². The molecule has 25 heavy (non-hydrogen) atoms. The maximum absolute atomic E-state index is 12.0. The predicted octanol–water partition coefficient (Wildman–Crippen LogP) is 2.74. The highest BCUT2D eigenvalue weighted by Crippen LogP contribution is 2.13. The van der Waals surface area contributed by atoms with E-state index in [1.54, 1.807) is 37.6 Å². The summed E-state index contributed by atoms with van der Waals surface area (Å²) in [5.74, 6) is 1.54. The fourth-order valence-electron chi connectivity index (χ4n) is 2.11. The van der Waals surface area contributed by atoms with Gasteiger partial charge < -0.3 is 15.4 Å². The molecule has 0 radical (unpaired) electrons. The summed E-state index contributed by atoms with van der Waals surface area (Å²) in [7, 11) is 1.64. The molecule has 1 amide bonds. The topological polar surface area (TPSA) is 89.0 Å². The lowest BCUT2D eigenvalue weighted by atomic mass is 10.2. The summed E-state index contributed by atoms with van der Waals surface area (Å²) in [5.41, 5.74) is 1.56. The van der Waals surface area contributed by atoms with Crippen molar-refractivity contribution in [1.82, 2.24) is 15.2 Å². The van der Waals surface area contributed by atoms with Crippen molar-refractivity contribution in [2.75, 3.05) is 17.7 Å². The fraction of sp³-hybridized carbons (Fsp3) is 0.111. The number of aromatic nitrogens is 3. The number of hydrogen-bond donors (Lipinski definition) is 2. The average molecular weight is 335 g/mol. The summed E-state index contributed by atoms with van der Waals surface area (Å²) in [6.45, 7) is 0.611. The number of nitrogens with one attached hydrogen (secondary N) is 2. The van der Waals surface area contributed by atoms with Gasteiger partial charge in [0.2, 0.25) is 0 Å². The molecule has 0 aliphatic carbocycles. The van der Waals surface area contributed by atoms with Crippen molar-refractivity contribution < 1.29 is 9.53 Å². The number of anilines is 2. The number of amides is 1. The largest absolute Gasteiger partial charge is 0.497 e. The molecule has 0 aliphatic heterocycles. The first-order valence-corrected chi connectivity index (χ1v) is 7.66. The van der Waals surface area contributed by atoms with Gasteiger partial charge in [-0.25, -0.2) is 0 Å². The minimum atomic E-state index is -0.277. The third kappa shape index (κ3) is 4.51. The molecule has 0 spiro atoms. The Hall–Kier alpha value is -3.48. The van der Waals surface area contributed by atoms with Crippen LogP contribution < -0.4 is 15.4 Å². The Bertz CT molecular complexity index is 820. The Balaban J connectivity index is 1.55. The second-order valence-electron chi connectivity index (χ2n) is 5.20. The molecule has 3 aromatic rings. The smallest absolute Gasteiger partial charge is 0.258 e. The Kier molecular flexibility index (Phi) is 5.16. The van der Waals surface area contributed by atoms with E-state index in [2.05, 4.69) is 25.8 Å². The second-order valence-corrected chi connectivity index (χ2v) is 5.20. The van der Waals surface area contributed by atoms with Crippen LogP contribution in [0.2, 0.25) is 0 Å². The van der Waals surface area contributed by atoms with Gasteiger partial charge in [0, 0.05) is 18.9 Å². The molecule has 7 nitrogen and oxygen atoms in total. The van der Waals surface area contributed by atoms with Crippen LogP contribution in [-0.4, -0.2) is 28.2 Å². The first-order chi connectivity index (χ1) is 12.2. The molecule has 0 saturated carbocycles. The second kappa shape index (κ2) is 7.87. The van der Waals surface area contributed by atoms with Gasteiger partial charge in [-0.05, 0) is 42.0 Å². The summed E-state index contributed by atoms with van der Waals surface area (Å²) in [4.78, 5) is 15.9. The third-order valence-corrected chi connectivity index (χ3v) is 3.46. The van der Waals surface area contributed by atoms with E-state index in [0.29, 0.717) is 23.7 Å². The van der Waals surface area contributed by atoms with Crippen LogP contribution in [0, 0.1) is 0 Å². The van der Waals surface area contributed by atoms with Gasteiger partial charge in [0.15, 0.2) is 5.82 Å². The van der Waals surface area contributed by atoms with E-state index in [4.69, 9.17) is 4.74 Å². The predicted molar refractivity (Wildman–Crippen MR) is 94.5 cm³/mol. The average Bonchev–Trinajstić information content (AvgIpc) is 2.68. The van der Waals surface area contributed by atoms with Gasteiger partial charge in [0.25, 0.3) is 5.91 Å². The summed E-state index contributed by atoms with van der Waals surface area (Å²) in [6, 6.07) is 14.6. The third-order valence-electron chi connectivity index (χ3n) is 3.46. The lowest BCUT2D eigenvalue weighted by molar-refractivity contribution is 0.102. The molecular formula is C18H17N5O2. The molecule has 0 aliphatic rings. The van der Waals surface area contributed by atoms with Gasteiger partial charge in [-0.15, -0.1) is 10.2 Å². The molecule has 0 atom stereocenters. The first-order valence-electron chi connectivity index (χ1n) is 7.66. The van der Waals surface area contributed by atoms with Crippen LogP contribution in [0.5, 0.6) is 5.75 Å². The molecule has 2 heterocycles. The van der Waals surface area contributed by atoms with E-state index in [1.165, 1.54) is 6.20 Å². The van der Waals surface area contributed by atoms with E-state index < -0.39 is 0 Å². The molecule has 2 N–H and O–H groups in total. The number of carbonyl (C=O) groups excluding carboxylic acids is 1. The van der Waals surface area contributed by atoms with Crippen molar-refractivity contribution in [3.63, 3.8) is 0 Å². The molecule has 1 aromatic carbocycles. The molecule has 7 heteroatoms. The van der Waals surface area contributed by atoms with Gasteiger partial charge in [-0.3, -0.25) is 9.78 Å². The summed E-state index contributed by atoms with van der Waals surface area (Å²) >= 11 is 0. The Morgan fingerprint density at radius 3 is 2.44 bits per heavy atom. The monoisotopic (exact) mass is 335 g/mol. The van der Waals surface area contributed by atoms with Gasteiger partial charge in [0.1, 0.15) is 11.6 Å². The van der Waals surface area contributed by atoms with E-state index >= 15 is 0 Å². The summed E-state index contributed by atoms with van der Waals surface area (Å²) in [6.07, 6.45) is 3.10. The lowest BCUT2D eigenvalue weighted by Crippen LogP contribution is -2.13. The molecule has 0 saturated heterocycles. The molecule has 2 aromatic heterocycles. The minimum absolute atomic E-state index is 0.277. The molecule has 0 fully saturated rings. The van der Waals surface area contributed by atoms with Crippen LogP contribution in [-0.2, 0) is 6.54 Å².